The average molecular weight is 562 g/mol. The molecule has 0 aliphatic rings. The van der Waals surface area contributed by atoms with Gasteiger partial charge >= 0.3 is 0 Å². The quantitative estimate of drug-likeness (QED) is 0.210. The monoisotopic (exact) mass is 561 g/mol. The molecule has 0 fully saturated rings. The second-order valence-corrected chi connectivity index (χ2v) is 11.3. The lowest BCUT2D eigenvalue weighted by Gasteiger charge is -2.10. The van der Waals surface area contributed by atoms with E-state index in [4.69, 9.17) is 0 Å². The van der Waals surface area contributed by atoms with Gasteiger partial charge in [-0.05, 0) is 76.9 Å². The van der Waals surface area contributed by atoms with Gasteiger partial charge in [-0.2, -0.15) is 0 Å². The van der Waals surface area contributed by atoms with Crippen LogP contribution in [0.3, 0.4) is 0 Å². The van der Waals surface area contributed by atoms with Crippen molar-refractivity contribution in [2.75, 3.05) is 0 Å². The molecule has 9 aromatic rings. The standard InChI is InChI=1S/C41H27N3/c1-3-9-28(10-4-1)29-15-19-33(20-16-29)43-38-14-8-7-13-34(38)36-25-30(18-22-39(36)43)31-17-21-35-37-27-42-24-23-40(37)44(41(35)26-31)32-11-5-2-6-12-32/h1-27H. The van der Waals surface area contributed by atoms with Crippen molar-refractivity contribution in [3.05, 3.63) is 164 Å². The van der Waals surface area contributed by atoms with Gasteiger partial charge in [0.15, 0.2) is 0 Å². The summed E-state index contributed by atoms with van der Waals surface area (Å²) in [5.74, 6) is 0. The van der Waals surface area contributed by atoms with E-state index in [0.29, 0.717) is 0 Å². The molecule has 0 saturated heterocycles. The third-order valence-corrected chi connectivity index (χ3v) is 8.82. The van der Waals surface area contributed by atoms with Gasteiger partial charge < -0.3 is 9.13 Å². The molecule has 3 heterocycles. The Kier molecular flexibility index (Phi) is 5.50. The van der Waals surface area contributed by atoms with Crippen molar-refractivity contribution in [3.63, 3.8) is 0 Å². The van der Waals surface area contributed by atoms with Crippen LogP contribution >= 0.6 is 0 Å². The van der Waals surface area contributed by atoms with Crippen molar-refractivity contribution in [3.8, 4) is 33.6 Å². The van der Waals surface area contributed by atoms with Crippen LogP contribution in [0.15, 0.2) is 164 Å². The third kappa shape index (κ3) is 3.80. The van der Waals surface area contributed by atoms with Crippen LogP contribution in [0.1, 0.15) is 0 Å². The maximum atomic E-state index is 4.45. The van der Waals surface area contributed by atoms with Gasteiger partial charge in [0.2, 0.25) is 0 Å². The van der Waals surface area contributed by atoms with Crippen LogP contribution in [0.25, 0.3) is 77.2 Å². The molecule has 0 aliphatic carbocycles. The summed E-state index contributed by atoms with van der Waals surface area (Å²) in [6, 6.07) is 54.5. The Balaban J connectivity index is 1.21. The number of fused-ring (bicyclic) bond motifs is 6. The van der Waals surface area contributed by atoms with E-state index in [1.165, 1.54) is 55.0 Å². The first kappa shape index (κ1) is 24.6. The average Bonchev–Trinajstić information content (AvgIpc) is 3.61. The Morgan fingerprint density at radius 2 is 0.909 bits per heavy atom. The van der Waals surface area contributed by atoms with Crippen LogP contribution in [0.2, 0.25) is 0 Å². The number of aromatic nitrogens is 3. The highest BCUT2D eigenvalue weighted by atomic mass is 15.0. The minimum atomic E-state index is 1.15. The maximum Gasteiger partial charge on any atom is 0.0571 e. The first-order chi connectivity index (χ1) is 21.8. The summed E-state index contributed by atoms with van der Waals surface area (Å²) in [6.45, 7) is 0. The number of hydrogen-bond acceptors (Lipinski definition) is 1. The molecular weight excluding hydrogens is 534 g/mol. The van der Waals surface area contributed by atoms with Gasteiger partial charge in [-0.1, -0.05) is 97.1 Å². The van der Waals surface area contributed by atoms with E-state index in [1.807, 2.05) is 12.4 Å². The molecule has 0 atom stereocenters. The molecular formula is C41H27N3. The summed E-state index contributed by atoms with van der Waals surface area (Å²) in [5.41, 5.74) is 11.9. The Morgan fingerprint density at radius 3 is 1.75 bits per heavy atom. The van der Waals surface area contributed by atoms with Crippen molar-refractivity contribution < 1.29 is 0 Å². The SMILES string of the molecule is c1ccc(-c2ccc(-n3c4ccccc4c4cc(-c5ccc6c7cnccc7n(-c7ccccc7)c6c5)ccc43)cc2)cc1. The van der Waals surface area contributed by atoms with Crippen molar-refractivity contribution in [2.24, 2.45) is 0 Å². The van der Waals surface area contributed by atoms with Crippen LogP contribution in [-0.4, -0.2) is 14.1 Å². The predicted molar refractivity (Wildman–Crippen MR) is 184 cm³/mol. The number of rotatable bonds is 4. The van der Waals surface area contributed by atoms with E-state index in [0.717, 1.165) is 22.3 Å². The lowest BCUT2D eigenvalue weighted by molar-refractivity contribution is 1.17. The maximum absolute atomic E-state index is 4.45. The van der Waals surface area contributed by atoms with E-state index in [1.54, 1.807) is 0 Å². The molecule has 3 nitrogen and oxygen atoms in total. The van der Waals surface area contributed by atoms with Crippen LogP contribution in [0.5, 0.6) is 0 Å². The summed E-state index contributed by atoms with van der Waals surface area (Å²) in [4.78, 5) is 4.45. The molecule has 0 unspecified atom stereocenters. The Morgan fingerprint density at radius 1 is 0.341 bits per heavy atom. The van der Waals surface area contributed by atoms with Crippen molar-refractivity contribution in [1.82, 2.24) is 14.1 Å². The van der Waals surface area contributed by atoms with Gasteiger partial charge in [0.25, 0.3) is 0 Å². The van der Waals surface area contributed by atoms with Crippen LogP contribution < -0.4 is 0 Å². The number of pyridine rings is 1. The van der Waals surface area contributed by atoms with Gasteiger partial charge in [0.05, 0.1) is 22.1 Å². The molecule has 0 radical (unpaired) electrons. The van der Waals surface area contributed by atoms with Crippen LogP contribution in [0.4, 0.5) is 0 Å². The highest BCUT2D eigenvalue weighted by molar-refractivity contribution is 6.12. The molecule has 0 saturated carbocycles. The first-order valence-corrected chi connectivity index (χ1v) is 15.0. The van der Waals surface area contributed by atoms with Crippen molar-refractivity contribution in [2.45, 2.75) is 0 Å². The Bertz CT molecular complexity index is 2470. The molecule has 0 spiro atoms. The lowest BCUT2D eigenvalue weighted by atomic mass is 10.0. The summed E-state index contributed by atoms with van der Waals surface area (Å²) in [7, 11) is 0. The minimum absolute atomic E-state index is 1.15. The molecule has 6 aromatic carbocycles. The largest absolute Gasteiger partial charge is 0.309 e. The predicted octanol–water partition coefficient (Wildman–Crippen LogP) is 10.6. The Labute approximate surface area is 254 Å². The van der Waals surface area contributed by atoms with E-state index >= 15 is 0 Å². The molecule has 0 amide bonds. The number of benzene rings is 6. The number of nitrogens with zero attached hydrogens (tertiary/aromatic N) is 3. The van der Waals surface area contributed by atoms with E-state index < -0.39 is 0 Å². The topological polar surface area (TPSA) is 22.8 Å². The molecule has 206 valence electrons. The fourth-order valence-electron chi connectivity index (χ4n) is 6.76. The zero-order valence-electron chi connectivity index (χ0n) is 23.9. The molecule has 44 heavy (non-hydrogen) atoms. The smallest absolute Gasteiger partial charge is 0.0571 e. The van der Waals surface area contributed by atoms with Gasteiger partial charge in [0.1, 0.15) is 0 Å². The second kappa shape index (κ2) is 9.82. The Hall–Kier alpha value is -5.93. The number of hydrogen-bond donors (Lipinski definition) is 0. The molecule has 0 N–H and O–H groups in total. The fraction of sp³-hybridized carbons (Fsp3) is 0. The van der Waals surface area contributed by atoms with Crippen LogP contribution in [-0.2, 0) is 0 Å². The van der Waals surface area contributed by atoms with Gasteiger partial charge in [-0.15, -0.1) is 0 Å². The zero-order valence-corrected chi connectivity index (χ0v) is 23.9. The fourth-order valence-corrected chi connectivity index (χ4v) is 6.76. The first-order valence-electron chi connectivity index (χ1n) is 15.0. The summed E-state index contributed by atoms with van der Waals surface area (Å²) in [5, 5.41) is 4.87. The summed E-state index contributed by atoms with van der Waals surface area (Å²) >= 11 is 0. The van der Waals surface area contributed by atoms with Crippen molar-refractivity contribution in [1.29, 1.82) is 0 Å². The molecule has 9 rings (SSSR count). The lowest BCUT2D eigenvalue weighted by Crippen LogP contribution is -1.94. The van der Waals surface area contributed by atoms with E-state index in [-0.39, 0.29) is 0 Å². The third-order valence-electron chi connectivity index (χ3n) is 8.82. The normalized spacial score (nSPS) is 11.6. The number of para-hydroxylation sites is 2. The van der Waals surface area contributed by atoms with Gasteiger partial charge in [0, 0.05) is 45.3 Å². The van der Waals surface area contributed by atoms with Crippen LogP contribution in [0, 0.1) is 0 Å². The van der Waals surface area contributed by atoms with Gasteiger partial charge in [-0.3, -0.25) is 4.98 Å². The minimum Gasteiger partial charge on any atom is -0.309 e. The molecule has 3 heteroatoms. The molecule has 0 bridgehead atoms. The second-order valence-electron chi connectivity index (χ2n) is 11.3. The van der Waals surface area contributed by atoms with E-state index in [2.05, 4.69) is 166 Å². The van der Waals surface area contributed by atoms with Gasteiger partial charge in [-0.25, -0.2) is 0 Å². The van der Waals surface area contributed by atoms with E-state index in [9.17, 15) is 0 Å². The molecule has 0 aliphatic heterocycles. The summed E-state index contributed by atoms with van der Waals surface area (Å²) < 4.78 is 4.73. The zero-order chi connectivity index (χ0) is 29.0. The van der Waals surface area contributed by atoms with Crippen molar-refractivity contribution >= 4 is 43.6 Å². The summed E-state index contributed by atoms with van der Waals surface area (Å²) in [6.07, 6.45) is 3.85. The molecule has 3 aromatic heterocycles. The highest BCUT2D eigenvalue weighted by Gasteiger charge is 2.16. The highest BCUT2D eigenvalue weighted by Crippen LogP contribution is 2.38.